The quantitative estimate of drug-likeness (QED) is 0.739. The third-order valence-electron chi connectivity index (χ3n) is 2.03. The van der Waals surface area contributed by atoms with Crippen molar-refractivity contribution in [2.45, 2.75) is 19.4 Å². The van der Waals surface area contributed by atoms with Crippen LogP contribution in [0.5, 0.6) is 0 Å². The van der Waals surface area contributed by atoms with E-state index in [1.165, 1.54) is 18.2 Å². The van der Waals surface area contributed by atoms with Gasteiger partial charge in [-0.05, 0) is 19.1 Å². The molecule has 0 fully saturated rings. The Morgan fingerprint density at radius 1 is 1.43 bits per heavy atom. The summed E-state index contributed by atoms with van der Waals surface area (Å²) in [6.45, 7) is 5.13. The lowest BCUT2D eigenvalue weighted by molar-refractivity contribution is 0.209. The molecule has 1 aromatic rings. The van der Waals surface area contributed by atoms with Crippen LogP contribution in [0.3, 0.4) is 0 Å². The highest BCUT2D eigenvalue weighted by Gasteiger charge is 2.13. The first-order valence-corrected chi connectivity index (χ1v) is 4.28. The Labute approximate surface area is 81.7 Å². The SMILES string of the molecule is C=C(C)C(O)Cc1c(F)cccc1F. The highest BCUT2D eigenvalue weighted by molar-refractivity contribution is 5.22. The summed E-state index contributed by atoms with van der Waals surface area (Å²) in [6, 6.07) is 3.63. The average molecular weight is 198 g/mol. The van der Waals surface area contributed by atoms with E-state index in [1.54, 1.807) is 6.92 Å². The van der Waals surface area contributed by atoms with E-state index < -0.39 is 17.7 Å². The van der Waals surface area contributed by atoms with Crippen molar-refractivity contribution in [3.63, 3.8) is 0 Å². The number of aliphatic hydroxyl groups excluding tert-OH is 1. The average Bonchev–Trinajstić information content (AvgIpc) is 2.11. The Bertz CT molecular complexity index is 327. The predicted molar refractivity (Wildman–Crippen MR) is 50.9 cm³/mol. The molecule has 0 aliphatic rings. The summed E-state index contributed by atoms with van der Waals surface area (Å²) in [7, 11) is 0. The van der Waals surface area contributed by atoms with Gasteiger partial charge in [0.25, 0.3) is 0 Å². The predicted octanol–water partition coefficient (Wildman–Crippen LogP) is 2.44. The van der Waals surface area contributed by atoms with Crippen molar-refractivity contribution < 1.29 is 13.9 Å². The first kappa shape index (κ1) is 10.9. The molecule has 76 valence electrons. The normalized spacial score (nSPS) is 12.6. The zero-order valence-corrected chi connectivity index (χ0v) is 7.93. The molecule has 0 amide bonds. The van der Waals surface area contributed by atoms with Crippen molar-refractivity contribution in [3.8, 4) is 0 Å². The van der Waals surface area contributed by atoms with Gasteiger partial charge in [-0.25, -0.2) is 8.78 Å². The molecule has 0 aromatic heterocycles. The van der Waals surface area contributed by atoms with Crippen LogP contribution in [0.2, 0.25) is 0 Å². The van der Waals surface area contributed by atoms with Crippen molar-refractivity contribution in [2.24, 2.45) is 0 Å². The van der Waals surface area contributed by atoms with E-state index in [2.05, 4.69) is 6.58 Å². The maximum atomic E-state index is 13.1. The lowest BCUT2D eigenvalue weighted by Gasteiger charge is -2.11. The molecule has 0 aliphatic heterocycles. The molecule has 1 N–H and O–H groups in total. The molecule has 1 aromatic carbocycles. The molecule has 0 saturated carbocycles. The molecule has 14 heavy (non-hydrogen) atoms. The van der Waals surface area contributed by atoms with E-state index in [1.807, 2.05) is 0 Å². The number of hydrogen-bond donors (Lipinski definition) is 1. The van der Waals surface area contributed by atoms with Gasteiger partial charge in [-0.2, -0.15) is 0 Å². The lowest BCUT2D eigenvalue weighted by atomic mass is 10.0. The van der Waals surface area contributed by atoms with Crippen LogP contribution in [0.4, 0.5) is 8.78 Å². The first-order chi connectivity index (χ1) is 6.52. The molecule has 0 heterocycles. The highest BCUT2D eigenvalue weighted by Crippen LogP contribution is 2.16. The summed E-state index contributed by atoms with van der Waals surface area (Å²) in [6.07, 6.45) is -0.977. The second-order valence-electron chi connectivity index (χ2n) is 3.27. The van der Waals surface area contributed by atoms with Crippen LogP contribution in [-0.4, -0.2) is 11.2 Å². The molecule has 1 unspecified atom stereocenters. The van der Waals surface area contributed by atoms with Gasteiger partial charge in [-0.1, -0.05) is 18.2 Å². The molecular formula is C11H12F2O. The van der Waals surface area contributed by atoms with Gasteiger partial charge in [-0.15, -0.1) is 0 Å². The van der Waals surface area contributed by atoms with Gasteiger partial charge in [-0.3, -0.25) is 0 Å². The van der Waals surface area contributed by atoms with E-state index in [4.69, 9.17) is 0 Å². The van der Waals surface area contributed by atoms with Crippen molar-refractivity contribution in [1.82, 2.24) is 0 Å². The Balaban J connectivity index is 2.91. The van der Waals surface area contributed by atoms with Gasteiger partial charge in [0.05, 0.1) is 6.10 Å². The topological polar surface area (TPSA) is 20.2 Å². The maximum Gasteiger partial charge on any atom is 0.129 e. The van der Waals surface area contributed by atoms with Crippen molar-refractivity contribution >= 4 is 0 Å². The van der Waals surface area contributed by atoms with Crippen LogP contribution in [0.25, 0.3) is 0 Å². The van der Waals surface area contributed by atoms with Gasteiger partial charge in [0.2, 0.25) is 0 Å². The Morgan fingerprint density at radius 3 is 2.36 bits per heavy atom. The summed E-state index contributed by atoms with van der Waals surface area (Å²) < 4.78 is 26.2. The summed E-state index contributed by atoms with van der Waals surface area (Å²) in [4.78, 5) is 0. The van der Waals surface area contributed by atoms with Gasteiger partial charge in [0, 0.05) is 12.0 Å². The number of benzene rings is 1. The Morgan fingerprint density at radius 2 is 1.93 bits per heavy atom. The minimum atomic E-state index is -0.901. The van der Waals surface area contributed by atoms with Crippen LogP contribution in [0.1, 0.15) is 12.5 Å². The minimum Gasteiger partial charge on any atom is -0.388 e. The van der Waals surface area contributed by atoms with E-state index in [0.717, 1.165) is 0 Å². The first-order valence-electron chi connectivity index (χ1n) is 4.28. The molecule has 0 aliphatic carbocycles. The number of hydrogen-bond acceptors (Lipinski definition) is 1. The van der Waals surface area contributed by atoms with Crippen LogP contribution in [-0.2, 0) is 6.42 Å². The molecule has 1 atom stereocenters. The zero-order chi connectivity index (χ0) is 10.7. The van der Waals surface area contributed by atoms with Crippen LogP contribution < -0.4 is 0 Å². The van der Waals surface area contributed by atoms with Crippen molar-refractivity contribution in [1.29, 1.82) is 0 Å². The fourth-order valence-corrected chi connectivity index (χ4v) is 1.09. The fraction of sp³-hybridized carbons (Fsp3) is 0.273. The van der Waals surface area contributed by atoms with E-state index in [-0.39, 0.29) is 12.0 Å². The zero-order valence-electron chi connectivity index (χ0n) is 7.93. The van der Waals surface area contributed by atoms with Gasteiger partial charge in [0.1, 0.15) is 11.6 Å². The molecule has 0 bridgehead atoms. The number of halogens is 2. The number of aliphatic hydroxyl groups is 1. The summed E-state index contributed by atoms with van der Waals surface area (Å²) >= 11 is 0. The van der Waals surface area contributed by atoms with E-state index in [0.29, 0.717) is 5.57 Å². The molecule has 3 heteroatoms. The van der Waals surface area contributed by atoms with Crippen molar-refractivity contribution in [3.05, 3.63) is 47.5 Å². The smallest absolute Gasteiger partial charge is 0.129 e. The van der Waals surface area contributed by atoms with E-state index >= 15 is 0 Å². The molecule has 0 saturated heterocycles. The van der Waals surface area contributed by atoms with Crippen molar-refractivity contribution in [2.75, 3.05) is 0 Å². The van der Waals surface area contributed by atoms with Gasteiger partial charge in [0.15, 0.2) is 0 Å². The fourth-order valence-electron chi connectivity index (χ4n) is 1.09. The standard InChI is InChI=1S/C11H12F2O/c1-7(2)11(14)6-8-9(12)4-3-5-10(8)13/h3-5,11,14H,1,6H2,2H3. The third-order valence-corrected chi connectivity index (χ3v) is 2.03. The summed E-state index contributed by atoms with van der Waals surface area (Å²) in [5.74, 6) is -1.27. The maximum absolute atomic E-state index is 13.1. The largest absolute Gasteiger partial charge is 0.388 e. The molecule has 0 radical (unpaired) electrons. The monoisotopic (exact) mass is 198 g/mol. The van der Waals surface area contributed by atoms with E-state index in [9.17, 15) is 13.9 Å². The second-order valence-corrected chi connectivity index (χ2v) is 3.27. The van der Waals surface area contributed by atoms with Crippen LogP contribution in [0.15, 0.2) is 30.4 Å². The van der Waals surface area contributed by atoms with Crippen LogP contribution in [0, 0.1) is 11.6 Å². The second kappa shape index (κ2) is 4.33. The lowest BCUT2D eigenvalue weighted by Crippen LogP contribution is -2.13. The molecular weight excluding hydrogens is 186 g/mol. The molecule has 0 spiro atoms. The molecule has 1 nitrogen and oxygen atoms in total. The Hall–Kier alpha value is -1.22. The van der Waals surface area contributed by atoms with Gasteiger partial charge < -0.3 is 5.11 Å². The van der Waals surface area contributed by atoms with Gasteiger partial charge >= 0.3 is 0 Å². The highest BCUT2D eigenvalue weighted by atomic mass is 19.1. The van der Waals surface area contributed by atoms with Crippen LogP contribution >= 0.6 is 0 Å². The minimum absolute atomic E-state index is 0.0756. The summed E-state index contributed by atoms with van der Waals surface area (Å²) in [5, 5.41) is 9.40. The molecule has 1 rings (SSSR count). The third kappa shape index (κ3) is 2.39. The number of rotatable bonds is 3. The summed E-state index contributed by atoms with van der Waals surface area (Å²) in [5.41, 5.74) is 0.399. The Kier molecular flexibility index (Phi) is 3.36.